The summed E-state index contributed by atoms with van der Waals surface area (Å²) in [5, 5.41) is 0. The van der Waals surface area contributed by atoms with Gasteiger partial charge in [-0.25, -0.2) is 9.18 Å². The van der Waals surface area contributed by atoms with Crippen LogP contribution >= 0.6 is 0 Å². The molecule has 0 amide bonds. The van der Waals surface area contributed by atoms with E-state index in [1.807, 2.05) is 6.92 Å². The second-order valence-electron chi connectivity index (χ2n) is 2.89. The van der Waals surface area contributed by atoms with Gasteiger partial charge in [0, 0.05) is 0 Å². The molecule has 0 aliphatic rings. The molecule has 14 heavy (non-hydrogen) atoms. The quantitative estimate of drug-likeness (QED) is 0.694. The largest absolute Gasteiger partial charge is 0.462 e. The number of carbonyl (C=O) groups is 1. The predicted molar refractivity (Wildman–Crippen MR) is 51.7 cm³/mol. The summed E-state index contributed by atoms with van der Waals surface area (Å²) in [5.74, 6) is -1.12. The molecule has 1 aromatic rings. The molecule has 0 unspecified atom stereocenters. The van der Waals surface area contributed by atoms with E-state index >= 15 is 0 Å². The topological polar surface area (TPSA) is 26.3 Å². The summed E-state index contributed by atoms with van der Waals surface area (Å²) in [6, 6.07) is 4.50. The van der Waals surface area contributed by atoms with E-state index < -0.39 is 11.8 Å². The lowest BCUT2D eigenvalue weighted by Crippen LogP contribution is -2.07. The van der Waals surface area contributed by atoms with Crippen LogP contribution in [0.2, 0.25) is 0 Å². The van der Waals surface area contributed by atoms with Crippen LogP contribution in [0, 0.1) is 5.82 Å². The molecule has 0 saturated heterocycles. The van der Waals surface area contributed by atoms with Gasteiger partial charge >= 0.3 is 5.97 Å². The highest BCUT2D eigenvalue weighted by molar-refractivity contribution is 5.89. The standard InChI is InChI=1S/C11H13FO2/c1-3-8-5-6-10(12)9(7-8)11(13)14-4-2/h5-7H,3-4H2,1-2H3. The molecule has 0 bridgehead atoms. The lowest BCUT2D eigenvalue weighted by molar-refractivity contribution is 0.0521. The number of halogens is 1. The maximum atomic E-state index is 13.2. The Balaban J connectivity index is 2.99. The van der Waals surface area contributed by atoms with Crippen molar-refractivity contribution in [3.05, 3.63) is 35.1 Å². The van der Waals surface area contributed by atoms with Crippen LogP contribution in [0.1, 0.15) is 29.8 Å². The fraction of sp³-hybridized carbons (Fsp3) is 0.364. The Hall–Kier alpha value is -1.38. The molecule has 0 aliphatic heterocycles. The van der Waals surface area contributed by atoms with E-state index in [0.717, 1.165) is 12.0 Å². The SMILES string of the molecule is CCOC(=O)c1cc(CC)ccc1F. The van der Waals surface area contributed by atoms with Gasteiger partial charge in [-0.3, -0.25) is 0 Å². The van der Waals surface area contributed by atoms with Crippen molar-refractivity contribution < 1.29 is 13.9 Å². The van der Waals surface area contributed by atoms with Gasteiger partial charge in [0.2, 0.25) is 0 Å². The Morgan fingerprint density at radius 3 is 2.71 bits per heavy atom. The Bertz CT molecular complexity index is 334. The number of benzene rings is 1. The Morgan fingerprint density at radius 1 is 1.43 bits per heavy atom. The first kappa shape index (κ1) is 10.7. The molecule has 1 aromatic carbocycles. The molecule has 0 spiro atoms. The zero-order valence-corrected chi connectivity index (χ0v) is 8.34. The van der Waals surface area contributed by atoms with Gasteiger partial charge in [0.25, 0.3) is 0 Å². The second kappa shape index (κ2) is 4.74. The third-order valence-electron chi connectivity index (χ3n) is 1.93. The van der Waals surface area contributed by atoms with E-state index in [1.54, 1.807) is 13.0 Å². The molecular formula is C11H13FO2. The molecule has 2 nitrogen and oxygen atoms in total. The Kier molecular flexibility index (Phi) is 3.63. The number of hydrogen-bond donors (Lipinski definition) is 0. The summed E-state index contributed by atoms with van der Waals surface area (Å²) < 4.78 is 17.9. The van der Waals surface area contributed by atoms with E-state index in [2.05, 4.69) is 0 Å². The highest BCUT2D eigenvalue weighted by Gasteiger charge is 2.12. The van der Waals surface area contributed by atoms with E-state index in [-0.39, 0.29) is 12.2 Å². The van der Waals surface area contributed by atoms with Gasteiger partial charge in [-0.15, -0.1) is 0 Å². The van der Waals surface area contributed by atoms with Crippen molar-refractivity contribution in [1.82, 2.24) is 0 Å². The fourth-order valence-electron chi connectivity index (χ4n) is 1.16. The van der Waals surface area contributed by atoms with Crippen molar-refractivity contribution in [3.8, 4) is 0 Å². The lowest BCUT2D eigenvalue weighted by atomic mass is 10.1. The third-order valence-corrected chi connectivity index (χ3v) is 1.93. The average Bonchev–Trinajstić information content (AvgIpc) is 2.19. The van der Waals surface area contributed by atoms with E-state index in [1.165, 1.54) is 12.1 Å². The molecule has 1 rings (SSSR count). The number of aryl methyl sites for hydroxylation is 1. The van der Waals surface area contributed by atoms with Gasteiger partial charge in [0.1, 0.15) is 5.82 Å². The fourth-order valence-corrected chi connectivity index (χ4v) is 1.16. The molecule has 0 atom stereocenters. The first-order valence-corrected chi connectivity index (χ1v) is 4.64. The van der Waals surface area contributed by atoms with Crippen LogP contribution < -0.4 is 0 Å². The molecule has 0 fully saturated rings. The molecule has 0 radical (unpaired) electrons. The van der Waals surface area contributed by atoms with Gasteiger partial charge < -0.3 is 4.74 Å². The summed E-state index contributed by atoms with van der Waals surface area (Å²) >= 11 is 0. The van der Waals surface area contributed by atoms with Crippen LogP contribution in [0.25, 0.3) is 0 Å². The number of rotatable bonds is 3. The van der Waals surface area contributed by atoms with Crippen molar-refractivity contribution in [1.29, 1.82) is 0 Å². The van der Waals surface area contributed by atoms with E-state index in [9.17, 15) is 9.18 Å². The molecule has 0 saturated carbocycles. The first-order valence-electron chi connectivity index (χ1n) is 4.64. The smallest absolute Gasteiger partial charge is 0.341 e. The van der Waals surface area contributed by atoms with Gasteiger partial charge in [-0.2, -0.15) is 0 Å². The minimum atomic E-state index is -0.597. The molecule has 0 heterocycles. The normalized spacial score (nSPS) is 9.93. The number of carbonyl (C=O) groups excluding carboxylic acids is 1. The second-order valence-corrected chi connectivity index (χ2v) is 2.89. The molecule has 0 aromatic heterocycles. The van der Waals surface area contributed by atoms with Crippen LogP contribution in [0.5, 0.6) is 0 Å². The summed E-state index contributed by atoms with van der Waals surface area (Å²) in [4.78, 5) is 11.3. The summed E-state index contributed by atoms with van der Waals surface area (Å²) in [5.41, 5.74) is 0.945. The molecule has 0 N–H and O–H groups in total. The van der Waals surface area contributed by atoms with Crippen LogP contribution in [-0.2, 0) is 11.2 Å². The van der Waals surface area contributed by atoms with E-state index in [0.29, 0.717) is 0 Å². The zero-order chi connectivity index (χ0) is 10.6. The minimum Gasteiger partial charge on any atom is -0.462 e. The zero-order valence-electron chi connectivity index (χ0n) is 8.34. The van der Waals surface area contributed by atoms with Crippen LogP contribution in [-0.4, -0.2) is 12.6 Å². The molecule has 0 aliphatic carbocycles. The van der Waals surface area contributed by atoms with Gasteiger partial charge in [-0.05, 0) is 31.0 Å². The maximum Gasteiger partial charge on any atom is 0.341 e. The van der Waals surface area contributed by atoms with Crippen LogP contribution in [0.3, 0.4) is 0 Å². The summed E-state index contributed by atoms with van der Waals surface area (Å²) in [6.45, 7) is 3.90. The summed E-state index contributed by atoms with van der Waals surface area (Å²) in [7, 11) is 0. The first-order chi connectivity index (χ1) is 6.69. The van der Waals surface area contributed by atoms with E-state index in [4.69, 9.17) is 4.74 Å². The van der Waals surface area contributed by atoms with Crippen molar-refractivity contribution in [3.63, 3.8) is 0 Å². The summed E-state index contributed by atoms with van der Waals surface area (Å²) in [6.07, 6.45) is 0.771. The maximum absolute atomic E-state index is 13.2. The Labute approximate surface area is 82.7 Å². The van der Waals surface area contributed by atoms with Crippen molar-refractivity contribution in [2.45, 2.75) is 20.3 Å². The number of hydrogen-bond acceptors (Lipinski definition) is 2. The van der Waals surface area contributed by atoms with Gasteiger partial charge in [0.05, 0.1) is 12.2 Å². The van der Waals surface area contributed by atoms with Gasteiger partial charge in [-0.1, -0.05) is 13.0 Å². The predicted octanol–water partition coefficient (Wildman–Crippen LogP) is 2.56. The highest BCUT2D eigenvalue weighted by atomic mass is 19.1. The molecular weight excluding hydrogens is 183 g/mol. The third kappa shape index (κ3) is 2.31. The monoisotopic (exact) mass is 196 g/mol. The minimum absolute atomic E-state index is 0.0196. The van der Waals surface area contributed by atoms with Crippen LogP contribution in [0.4, 0.5) is 4.39 Å². The van der Waals surface area contributed by atoms with Gasteiger partial charge in [0.15, 0.2) is 0 Å². The average molecular weight is 196 g/mol. The number of ether oxygens (including phenoxy) is 1. The Morgan fingerprint density at radius 2 is 2.14 bits per heavy atom. The van der Waals surface area contributed by atoms with Crippen molar-refractivity contribution >= 4 is 5.97 Å². The molecule has 3 heteroatoms. The van der Waals surface area contributed by atoms with Crippen molar-refractivity contribution in [2.75, 3.05) is 6.61 Å². The number of esters is 1. The van der Waals surface area contributed by atoms with Crippen molar-refractivity contribution in [2.24, 2.45) is 0 Å². The highest BCUT2D eigenvalue weighted by Crippen LogP contribution is 2.12. The van der Waals surface area contributed by atoms with Crippen LogP contribution in [0.15, 0.2) is 18.2 Å². The molecule has 76 valence electrons. The lowest BCUT2D eigenvalue weighted by Gasteiger charge is -2.04.